The zero-order chi connectivity index (χ0) is 11.4. The summed E-state index contributed by atoms with van der Waals surface area (Å²) >= 11 is 3.54. The first-order valence-corrected chi connectivity index (χ1v) is 6.26. The Bertz CT molecular complexity index is 289. The van der Waals surface area contributed by atoms with Crippen LogP contribution in [0.25, 0.3) is 0 Å². The van der Waals surface area contributed by atoms with Crippen LogP contribution in [0, 0.1) is 0 Å². The van der Waals surface area contributed by atoms with E-state index in [4.69, 9.17) is 0 Å². The predicted molar refractivity (Wildman–Crippen MR) is 67.1 cm³/mol. The number of nitrogens with zero attached hydrogens (tertiary/aromatic N) is 2. The van der Waals surface area contributed by atoms with E-state index in [1.807, 2.05) is 17.9 Å². The van der Waals surface area contributed by atoms with Crippen molar-refractivity contribution in [1.82, 2.24) is 15.1 Å². The van der Waals surface area contributed by atoms with Crippen LogP contribution in [-0.2, 0) is 7.05 Å². The second-order valence-corrected chi connectivity index (χ2v) is 4.95. The van der Waals surface area contributed by atoms with E-state index in [1.165, 1.54) is 5.69 Å². The molecule has 0 saturated heterocycles. The smallest absolute Gasteiger partial charge is 0.0635 e. The molecule has 0 radical (unpaired) electrons. The minimum atomic E-state index is 0.515. The maximum atomic E-state index is 4.24. The van der Waals surface area contributed by atoms with Crippen LogP contribution in [0.3, 0.4) is 0 Å². The van der Waals surface area contributed by atoms with Gasteiger partial charge in [-0.3, -0.25) is 4.68 Å². The minimum absolute atomic E-state index is 0.515. The molecule has 0 aliphatic rings. The summed E-state index contributed by atoms with van der Waals surface area (Å²) < 4.78 is 3.06. The fourth-order valence-corrected chi connectivity index (χ4v) is 2.79. The third-order valence-corrected chi connectivity index (χ3v) is 3.28. The van der Waals surface area contributed by atoms with Crippen molar-refractivity contribution < 1.29 is 0 Å². The summed E-state index contributed by atoms with van der Waals surface area (Å²) in [6, 6.07) is 0.548. The Labute approximate surface area is 100 Å². The van der Waals surface area contributed by atoms with Crippen LogP contribution in [0.1, 0.15) is 38.8 Å². The molecule has 2 atom stereocenters. The number of hydrogen-bond donors (Lipinski definition) is 1. The molecule has 0 aliphatic carbocycles. The zero-order valence-corrected chi connectivity index (χ0v) is 11.5. The van der Waals surface area contributed by atoms with Crippen LogP contribution in [0.4, 0.5) is 0 Å². The van der Waals surface area contributed by atoms with E-state index < -0.39 is 0 Å². The third-order valence-electron chi connectivity index (χ3n) is 2.66. The molecule has 0 amide bonds. The Hall–Kier alpha value is -0.350. The quantitative estimate of drug-likeness (QED) is 0.894. The van der Waals surface area contributed by atoms with Gasteiger partial charge in [0.15, 0.2) is 0 Å². The van der Waals surface area contributed by atoms with Gasteiger partial charge in [-0.15, -0.1) is 0 Å². The summed E-state index contributed by atoms with van der Waals surface area (Å²) in [6.45, 7) is 7.64. The lowest BCUT2D eigenvalue weighted by Gasteiger charge is -2.18. The van der Waals surface area contributed by atoms with Crippen molar-refractivity contribution in [2.24, 2.45) is 7.05 Å². The van der Waals surface area contributed by atoms with E-state index in [9.17, 15) is 0 Å². The second kappa shape index (κ2) is 5.66. The van der Waals surface area contributed by atoms with Gasteiger partial charge in [0.05, 0.1) is 16.4 Å². The molecule has 1 aromatic heterocycles. The van der Waals surface area contributed by atoms with Crippen molar-refractivity contribution in [3.8, 4) is 0 Å². The van der Waals surface area contributed by atoms with Crippen molar-refractivity contribution in [3.63, 3.8) is 0 Å². The van der Waals surface area contributed by atoms with Crippen LogP contribution >= 0.6 is 15.9 Å². The molecule has 0 aliphatic heterocycles. The van der Waals surface area contributed by atoms with Crippen LogP contribution in [0.5, 0.6) is 0 Å². The lowest BCUT2D eigenvalue weighted by molar-refractivity contribution is 0.475. The predicted octanol–water partition coefficient (Wildman–Crippen LogP) is 2.67. The minimum Gasteiger partial charge on any atom is -0.315 e. The van der Waals surface area contributed by atoms with E-state index in [1.54, 1.807) is 0 Å². The summed E-state index contributed by atoms with van der Waals surface area (Å²) in [6.07, 6.45) is 3.00. The standard InChI is InChI=1S/C11H20BrN3/c1-5-13-9(3)6-8(2)11-10(12)7-14-15(11)4/h7-9,13H,5-6H2,1-4H3. The Kier molecular flexibility index (Phi) is 4.80. The van der Waals surface area contributed by atoms with Crippen molar-refractivity contribution in [1.29, 1.82) is 0 Å². The molecule has 3 nitrogen and oxygen atoms in total. The maximum absolute atomic E-state index is 4.24. The van der Waals surface area contributed by atoms with Crippen molar-refractivity contribution in [2.45, 2.75) is 39.2 Å². The van der Waals surface area contributed by atoms with Gasteiger partial charge in [0.25, 0.3) is 0 Å². The lowest BCUT2D eigenvalue weighted by Crippen LogP contribution is -2.27. The van der Waals surface area contributed by atoms with E-state index >= 15 is 0 Å². The SMILES string of the molecule is CCNC(C)CC(C)c1c(Br)cnn1C. The molecule has 0 fully saturated rings. The average Bonchev–Trinajstić information content (AvgIpc) is 2.46. The lowest BCUT2D eigenvalue weighted by atomic mass is 9.99. The molecule has 1 heterocycles. The molecule has 0 saturated carbocycles. The number of aryl methyl sites for hydroxylation is 1. The molecule has 2 unspecified atom stereocenters. The van der Waals surface area contributed by atoms with E-state index in [0.29, 0.717) is 12.0 Å². The van der Waals surface area contributed by atoms with Crippen molar-refractivity contribution in [3.05, 3.63) is 16.4 Å². The van der Waals surface area contributed by atoms with Gasteiger partial charge in [-0.05, 0) is 35.8 Å². The molecule has 1 N–H and O–H groups in total. The second-order valence-electron chi connectivity index (χ2n) is 4.10. The molecule has 86 valence electrons. The Morgan fingerprint density at radius 3 is 2.67 bits per heavy atom. The van der Waals surface area contributed by atoms with Gasteiger partial charge < -0.3 is 5.32 Å². The first-order chi connectivity index (χ1) is 7.06. The monoisotopic (exact) mass is 273 g/mol. The van der Waals surface area contributed by atoms with Gasteiger partial charge >= 0.3 is 0 Å². The summed E-state index contributed by atoms with van der Waals surface area (Å²) in [5.41, 5.74) is 1.28. The number of rotatable bonds is 5. The fraction of sp³-hybridized carbons (Fsp3) is 0.727. The first kappa shape index (κ1) is 12.7. The summed E-state index contributed by atoms with van der Waals surface area (Å²) in [4.78, 5) is 0. The highest BCUT2D eigenvalue weighted by Gasteiger charge is 2.16. The molecule has 4 heteroatoms. The molecule has 0 spiro atoms. The van der Waals surface area contributed by atoms with Gasteiger partial charge in [-0.25, -0.2) is 0 Å². The van der Waals surface area contributed by atoms with E-state index in [-0.39, 0.29) is 0 Å². The Morgan fingerprint density at radius 1 is 1.53 bits per heavy atom. The molecular weight excluding hydrogens is 254 g/mol. The molecule has 0 aromatic carbocycles. The van der Waals surface area contributed by atoms with Crippen LogP contribution in [0.15, 0.2) is 10.7 Å². The number of aromatic nitrogens is 2. The van der Waals surface area contributed by atoms with Crippen LogP contribution < -0.4 is 5.32 Å². The number of hydrogen-bond acceptors (Lipinski definition) is 2. The molecule has 1 aromatic rings. The van der Waals surface area contributed by atoms with Gasteiger partial charge in [-0.2, -0.15) is 5.10 Å². The van der Waals surface area contributed by atoms with Crippen molar-refractivity contribution >= 4 is 15.9 Å². The topological polar surface area (TPSA) is 29.9 Å². The van der Waals surface area contributed by atoms with Gasteiger partial charge in [0.1, 0.15) is 0 Å². The molecule has 0 bridgehead atoms. The number of halogens is 1. The average molecular weight is 274 g/mol. The summed E-state index contributed by atoms with van der Waals surface area (Å²) in [7, 11) is 1.99. The Morgan fingerprint density at radius 2 is 2.20 bits per heavy atom. The fourth-order valence-electron chi connectivity index (χ4n) is 2.05. The van der Waals surface area contributed by atoms with Gasteiger partial charge in [-0.1, -0.05) is 13.8 Å². The van der Waals surface area contributed by atoms with Gasteiger partial charge in [0.2, 0.25) is 0 Å². The van der Waals surface area contributed by atoms with Crippen LogP contribution in [-0.4, -0.2) is 22.4 Å². The summed E-state index contributed by atoms with van der Waals surface area (Å²) in [5.74, 6) is 0.515. The first-order valence-electron chi connectivity index (χ1n) is 5.47. The highest BCUT2D eigenvalue weighted by atomic mass is 79.9. The third kappa shape index (κ3) is 3.31. The highest BCUT2D eigenvalue weighted by Crippen LogP contribution is 2.27. The molecular formula is C11H20BrN3. The van der Waals surface area contributed by atoms with Crippen LogP contribution in [0.2, 0.25) is 0 Å². The maximum Gasteiger partial charge on any atom is 0.0635 e. The highest BCUT2D eigenvalue weighted by molar-refractivity contribution is 9.10. The Balaban J connectivity index is 2.64. The van der Waals surface area contributed by atoms with Crippen molar-refractivity contribution in [2.75, 3.05) is 6.54 Å². The number of nitrogens with one attached hydrogen (secondary N) is 1. The van der Waals surface area contributed by atoms with E-state index in [2.05, 4.69) is 47.1 Å². The largest absolute Gasteiger partial charge is 0.315 e. The normalized spacial score (nSPS) is 15.3. The molecule has 1 rings (SSSR count). The van der Waals surface area contributed by atoms with Gasteiger partial charge in [0, 0.05) is 19.0 Å². The zero-order valence-electron chi connectivity index (χ0n) is 9.92. The van der Waals surface area contributed by atoms with E-state index in [0.717, 1.165) is 17.4 Å². The summed E-state index contributed by atoms with van der Waals surface area (Å²) in [5, 5.41) is 7.67. The molecule has 15 heavy (non-hydrogen) atoms.